The summed E-state index contributed by atoms with van der Waals surface area (Å²) in [7, 11) is 0. The van der Waals surface area contributed by atoms with Crippen LogP contribution < -0.4 is 70.4 Å². The molecular weight excluding hydrogens is 998 g/mol. The molecule has 2 aliphatic rings. The van der Waals surface area contributed by atoms with Gasteiger partial charge in [-0.1, -0.05) is 72.8 Å². The summed E-state index contributed by atoms with van der Waals surface area (Å²) < 4.78 is 0. The first-order valence-electron chi connectivity index (χ1n) is 20.1. The topological polar surface area (TPSA) is 308 Å². The maximum absolute atomic E-state index is 7.86. The summed E-state index contributed by atoms with van der Waals surface area (Å²) in [5.74, 6) is 0.345. The molecular formula is C48H44AuN16+2. The van der Waals surface area contributed by atoms with Gasteiger partial charge in [0.25, 0.3) is 5.96 Å². The number of fused-ring (bicyclic) bond motifs is 8. The average molecular weight is 1040 g/mol. The molecule has 0 saturated carbocycles. The molecule has 3 aromatic heterocycles. The van der Waals surface area contributed by atoms with Crippen LogP contribution in [0.2, 0.25) is 0 Å². The van der Waals surface area contributed by atoms with Gasteiger partial charge >= 0.3 is 17.9 Å². The Kier molecular flexibility index (Phi) is 12.0. The second-order valence-electron chi connectivity index (χ2n) is 15.0. The summed E-state index contributed by atoms with van der Waals surface area (Å²) in [5.41, 5.74) is 36.2. The van der Waals surface area contributed by atoms with Crippen LogP contribution in [0.25, 0.3) is 90.9 Å². The predicted molar refractivity (Wildman–Crippen MR) is 257 cm³/mol. The van der Waals surface area contributed by atoms with E-state index in [1.165, 1.54) is 0 Å². The van der Waals surface area contributed by atoms with Gasteiger partial charge in [0.05, 0.1) is 39.8 Å². The fourth-order valence-electron chi connectivity index (χ4n) is 7.83. The Morgan fingerprint density at radius 3 is 0.862 bits per heavy atom. The van der Waals surface area contributed by atoms with Crippen LogP contribution in [0.3, 0.4) is 0 Å². The number of nitrogens with one attached hydrogen (secondary N) is 5. The van der Waals surface area contributed by atoms with Crippen molar-refractivity contribution in [2.75, 3.05) is 21.3 Å². The number of anilines is 4. The van der Waals surface area contributed by atoms with Crippen LogP contribution in [-0.2, 0) is 22.4 Å². The molecule has 0 fully saturated rings. The van der Waals surface area contributed by atoms with Crippen LogP contribution in [0.15, 0.2) is 121 Å². The van der Waals surface area contributed by atoms with E-state index in [4.69, 9.17) is 58.8 Å². The minimum Gasteiger partial charge on any atom is -0.657 e. The van der Waals surface area contributed by atoms with Gasteiger partial charge in [0.1, 0.15) is 0 Å². The standard InChI is InChI=1S/C48H40N16.Au/c49-45(50)57-29-9-1-25(2-10-29)41-33-17-19-35(61-33)42(26-3-11-30(12-4-26)58-46(51)52)37-21-23-39(63-37)44(28-7-15-32(16-8-28)60-48(55)56)40-24-22-38(64-40)43(36-20-18-34(41)62-36)27-5-13-31(14-6-27)59-47(53)54;/h1-24H,(H4,49,50,57)(H4,51,52,58)(H4,53,54,59)(H4,55,56,60);/q-2;/p+4. The summed E-state index contributed by atoms with van der Waals surface area (Å²) in [6, 6.07) is 39.1. The first-order chi connectivity index (χ1) is 30.9. The molecule has 325 valence electrons. The predicted octanol–water partition coefficient (Wildman–Crippen LogP) is 1.62. The summed E-state index contributed by atoms with van der Waals surface area (Å²) in [4.78, 5) is 21.4. The zero-order valence-electron chi connectivity index (χ0n) is 34.6. The number of guanidine groups is 4. The molecule has 4 aromatic carbocycles. The number of benzene rings is 4. The van der Waals surface area contributed by atoms with Crippen LogP contribution in [0.4, 0.5) is 22.7 Å². The molecule has 20 N–H and O–H groups in total. The molecule has 1 radical (unpaired) electrons. The Morgan fingerprint density at radius 2 is 0.646 bits per heavy atom. The van der Waals surface area contributed by atoms with Crippen molar-refractivity contribution in [2.24, 2.45) is 17.2 Å². The normalized spacial score (nSPS) is 11.3. The maximum Gasteiger partial charge on any atom is 0.343 e. The van der Waals surface area contributed by atoms with E-state index in [1.807, 2.05) is 146 Å². The van der Waals surface area contributed by atoms with Crippen molar-refractivity contribution in [3.8, 4) is 44.5 Å². The van der Waals surface area contributed by atoms with Crippen molar-refractivity contribution in [2.45, 2.75) is 0 Å². The Hall–Kier alpha value is -8.54. The van der Waals surface area contributed by atoms with Gasteiger partial charge in [-0.05, 0) is 117 Å². The van der Waals surface area contributed by atoms with Crippen molar-refractivity contribution in [3.63, 3.8) is 0 Å². The fraction of sp³-hybridized carbons (Fsp3) is 0. The average Bonchev–Trinajstić information content (AvgIpc) is 4.11. The zero-order valence-corrected chi connectivity index (χ0v) is 36.8. The molecule has 17 heteroatoms. The molecule has 0 atom stereocenters. The number of nitrogens with two attached hydrogens (primary N) is 6. The van der Waals surface area contributed by atoms with Crippen LogP contribution in [0, 0.1) is 5.41 Å². The van der Waals surface area contributed by atoms with Gasteiger partial charge < -0.3 is 9.97 Å². The van der Waals surface area contributed by atoms with E-state index in [0.29, 0.717) is 44.8 Å². The summed E-state index contributed by atoms with van der Waals surface area (Å²) >= 11 is 0. The molecule has 0 unspecified atom stereocenters. The largest absolute Gasteiger partial charge is 0.657 e. The first-order valence-corrected chi connectivity index (χ1v) is 20.1. The summed E-state index contributed by atoms with van der Waals surface area (Å²) in [5, 5.41) is 37.1. The Morgan fingerprint density at radius 1 is 0.415 bits per heavy atom. The SMILES string of the molecule is N=C([NH3+])Nc1ccc(-c2c3nc(c(-c4ccc(NC(N)=[NH2+])cc4)c4ccc([n-]4)c(-c4ccc(NC(N)=[NH2+])cc4)c4nc(c(-c5ccc(NC(N)=[NH2+])cc5)c5ccc2[n-]5)C=C4)C=C3)cc1.[Au]. The van der Waals surface area contributed by atoms with Crippen molar-refractivity contribution in [1.29, 1.82) is 5.41 Å². The van der Waals surface area contributed by atoms with E-state index in [-0.39, 0.29) is 46.2 Å². The van der Waals surface area contributed by atoms with Gasteiger partial charge in [-0.25, -0.2) is 31.3 Å². The van der Waals surface area contributed by atoms with E-state index < -0.39 is 0 Å². The minimum absolute atomic E-state index is 0. The van der Waals surface area contributed by atoms with Gasteiger partial charge in [-0.15, -0.1) is 22.1 Å². The van der Waals surface area contributed by atoms with E-state index >= 15 is 0 Å². The second-order valence-corrected chi connectivity index (χ2v) is 15.0. The number of aromatic nitrogens is 4. The molecule has 0 aliphatic carbocycles. The molecule has 0 spiro atoms. The number of quaternary nitrogens is 1. The van der Waals surface area contributed by atoms with Crippen LogP contribution in [-0.4, -0.2) is 33.8 Å². The molecule has 8 bridgehead atoms. The van der Waals surface area contributed by atoms with Gasteiger partial charge in [0.2, 0.25) is 0 Å². The van der Waals surface area contributed by atoms with E-state index in [9.17, 15) is 0 Å². The van der Waals surface area contributed by atoms with Crippen LogP contribution in [0.1, 0.15) is 22.8 Å². The molecule has 5 heterocycles. The summed E-state index contributed by atoms with van der Waals surface area (Å²) in [6.45, 7) is 0. The number of hydrogen-bond acceptors (Lipinski definition) is 3. The molecule has 65 heavy (non-hydrogen) atoms. The molecule has 0 amide bonds. The van der Waals surface area contributed by atoms with Crippen molar-refractivity contribution in [3.05, 3.63) is 144 Å². The Bertz CT molecular complexity index is 2830. The van der Waals surface area contributed by atoms with Gasteiger partial charge in [0.15, 0.2) is 0 Å². The van der Waals surface area contributed by atoms with Crippen molar-refractivity contribution in [1.82, 2.24) is 19.9 Å². The number of rotatable bonds is 8. The molecule has 7 aromatic rings. The van der Waals surface area contributed by atoms with Gasteiger partial charge in [-0.2, -0.15) is 0 Å². The quantitative estimate of drug-likeness (QED) is 0.0590. The molecule has 0 saturated heterocycles. The van der Waals surface area contributed by atoms with E-state index in [1.54, 1.807) is 0 Å². The Balaban J connectivity index is 0.00000576. The third kappa shape index (κ3) is 9.17. The third-order valence-corrected chi connectivity index (χ3v) is 10.5. The monoisotopic (exact) mass is 1040 g/mol. The van der Waals surface area contributed by atoms with Crippen molar-refractivity contribution < 1.29 is 44.3 Å². The Labute approximate surface area is 387 Å². The summed E-state index contributed by atoms with van der Waals surface area (Å²) in [6.07, 6.45) is 7.99. The van der Waals surface area contributed by atoms with Crippen LogP contribution >= 0.6 is 0 Å². The zero-order chi connectivity index (χ0) is 44.5. The number of hydrogen-bond donors (Lipinski definition) is 12. The number of nitrogens with zero attached hydrogens (tertiary/aromatic N) is 4. The van der Waals surface area contributed by atoms with Gasteiger partial charge in [0, 0.05) is 28.1 Å². The second kappa shape index (κ2) is 18.1. The third-order valence-electron chi connectivity index (χ3n) is 10.5. The van der Waals surface area contributed by atoms with Crippen molar-refractivity contribution >= 4 is 93.0 Å². The fourth-order valence-corrected chi connectivity index (χ4v) is 7.83. The van der Waals surface area contributed by atoms with Gasteiger partial charge in [-0.3, -0.25) is 44.5 Å². The first kappa shape index (κ1) is 43.1. The molecule has 9 rings (SSSR count). The van der Waals surface area contributed by atoms with Crippen LogP contribution in [0.5, 0.6) is 0 Å². The molecule has 16 nitrogen and oxygen atoms in total. The smallest absolute Gasteiger partial charge is 0.343 e. The van der Waals surface area contributed by atoms with E-state index in [2.05, 4.69) is 27.0 Å². The maximum atomic E-state index is 7.86. The minimum atomic E-state index is 0. The molecule has 2 aliphatic heterocycles. The van der Waals surface area contributed by atoms with E-state index in [0.717, 1.165) is 67.3 Å².